The van der Waals surface area contributed by atoms with E-state index in [1.54, 1.807) is 12.1 Å². The van der Waals surface area contributed by atoms with Gasteiger partial charge >= 0.3 is 0 Å². The maximum Gasteiger partial charge on any atom is 0.221 e. The first-order valence-corrected chi connectivity index (χ1v) is 11.6. The lowest BCUT2D eigenvalue weighted by Crippen LogP contribution is -2.39. The summed E-state index contributed by atoms with van der Waals surface area (Å²) in [6.07, 6.45) is 3.69. The van der Waals surface area contributed by atoms with E-state index in [-0.39, 0.29) is 0 Å². The number of benzene rings is 2. The first-order valence-electron chi connectivity index (χ1n) is 10.5. The highest BCUT2D eigenvalue weighted by Crippen LogP contribution is 2.31. The smallest absolute Gasteiger partial charge is 0.221 e. The molecule has 3 rings (SSSR count). The second-order valence-electron chi connectivity index (χ2n) is 7.49. The number of aromatic nitrogens is 2. The molecule has 0 saturated heterocycles. The fourth-order valence-corrected chi connectivity index (χ4v) is 3.69. The molecule has 0 aliphatic rings. The number of aryl methyl sites for hydroxylation is 1. The third kappa shape index (κ3) is 7.24. The zero-order chi connectivity index (χ0) is 23.7. The Morgan fingerprint density at radius 1 is 1.09 bits per heavy atom. The number of rotatable bonds is 8. The molecule has 0 radical (unpaired) electrons. The molecule has 3 aromatic rings. The lowest BCUT2D eigenvalue weighted by Gasteiger charge is -2.21. The van der Waals surface area contributed by atoms with Crippen LogP contribution in [0.1, 0.15) is 32.8 Å². The quantitative estimate of drug-likeness (QED) is 0.275. The fourth-order valence-electron chi connectivity index (χ4n) is 3.08. The summed E-state index contributed by atoms with van der Waals surface area (Å²) >= 11 is 18.2. The predicted molar refractivity (Wildman–Crippen MR) is 135 cm³/mol. The molecule has 1 N–H and O–H groups in total. The Bertz CT molecular complexity index is 1000. The van der Waals surface area contributed by atoms with E-state index >= 15 is 0 Å². The van der Waals surface area contributed by atoms with Gasteiger partial charge in [-0.1, -0.05) is 74.1 Å². The van der Waals surface area contributed by atoms with E-state index in [0.29, 0.717) is 21.0 Å². The summed E-state index contributed by atoms with van der Waals surface area (Å²) in [6, 6.07) is 13.0. The Hall–Kier alpha value is -2.05. The van der Waals surface area contributed by atoms with Crippen LogP contribution in [0.5, 0.6) is 0 Å². The number of carbonyl (C=O) groups is 1. The molecule has 172 valence electrons. The number of nitrogens with one attached hydrogen (secondary N) is 1. The van der Waals surface area contributed by atoms with Gasteiger partial charge in [0.25, 0.3) is 0 Å². The highest BCUT2D eigenvalue weighted by atomic mass is 35.5. The monoisotopic (exact) mass is 494 g/mol. The van der Waals surface area contributed by atoms with Crippen molar-refractivity contribution < 1.29 is 4.79 Å². The van der Waals surface area contributed by atoms with Crippen molar-refractivity contribution in [3.63, 3.8) is 0 Å². The van der Waals surface area contributed by atoms with Crippen LogP contribution in [-0.4, -0.2) is 34.3 Å². The van der Waals surface area contributed by atoms with Crippen LogP contribution in [0.4, 0.5) is 0 Å². The molecule has 0 bridgehead atoms. The summed E-state index contributed by atoms with van der Waals surface area (Å²) in [6.45, 7) is 10.2. The van der Waals surface area contributed by atoms with E-state index in [0.717, 1.165) is 48.4 Å². The van der Waals surface area contributed by atoms with Gasteiger partial charge in [0.1, 0.15) is 0 Å². The van der Waals surface area contributed by atoms with E-state index < -0.39 is 0 Å². The number of carbonyl (C=O) groups excluding carboxylic acids is 1. The molecule has 32 heavy (non-hydrogen) atoms. The third-order valence-corrected chi connectivity index (χ3v) is 5.84. The van der Waals surface area contributed by atoms with Crippen LogP contribution in [0.3, 0.4) is 0 Å². The number of hydrazine groups is 1. The zero-order valence-corrected chi connectivity index (χ0v) is 21.0. The van der Waals surface area contributed by atoms with Crippen LogP contribution in [-0.2, 0) is 4.79 Å². The van der Waals surface area contributed by atoms with E-state index in [1.165, 1.54) is 0 Å². The van der Waals surface area contributed by atoms with Crippen LogP contribution < -0.4 is 5.43 Å². The minimum Gasteiger partial charge on any atom is -0.292 e. The predicted octanol–water partition coefficient (Wildman–Crippen LogP) is 6.82. The van der Waals surface area contributed by atoms with Crippen molar-refractivity contribution in [1.82, 2.24) is 20.2 Å². The summed E-state index contributed by atoms with van der Waals surface area (Å²) in [5.74, 6) is 0.641. The SMILES string of the molecule is CCC(C)CN(CC)NC=O.Cc1cnn(-c2ccc(Cl)cc2Cl)c1-c1ccc(Cl)cc1. The van der Waals surface area contributed by atoms with Crippen molar-refractivity contribution in [1.29, 1.82) is 0 Å². The Morgan fingerprint density at radius 2 is 1.75 bits per heavy atom. The molecule has 1 amide bonds. The normalized spacial score (nSPS) is 11.6. The lowest BCUT2D eigenvalue weighted by molar-refractivity contribution is -0.113. The highest BCUT2D eigenvalue weighted by molar-refractivity contribution is 6.35. The van der Waals surface area contributed by atoms with Gasteiger partial charge in [0.05, 0.1) is 22.6 Å². The Balaban J connectivity index is 0.000000282. The number of hydrogen-bond donors (Lipinski definition) is 1. The zero-order valence-electron chi connectivity index (χ0n) is 18.8. The summed E-state index contributed by atoms with van der Waals surface area (Å²) in [7, 11) is 0. The van der Waals surface area contributed by atoms with Gasteiger partial charge in [-0.05, 0) is 48.7 Å². The number of nitrogens with zero attached hydrogens (tertiary/aromatic N) is 3. The van der Waals surface area contributed by atoms with Gasteiger partial charge in [0.2, 0.25) is 6.41 Å². The lowest BCUT2D eigenvalue weighted by atomic mass is 10.1. The van der Waals surface area contributed by atoms with Crippen molar-refractivity contribution in [2.24, 2.45) is 5.92 Å². The summed E-state index contributed by atoms with van der Waals surface area (Å²) in [5, 5.41) is 8.20. The summed E-state index contributed by atoms with van der Waals surface area (Å²) in [4.78, 5) is 10.1. The average molecular weight is 496 g/mol. The second-order valence-corrected chi connectivity index (χ2v) is 8.77. The first-order chi connectivity index (χ1) is 15.3. The van der Waals surface area contributed by atoms with Crippen LogP contribution >= 0.6 is 34.8 Å². The van der Waals surface area contributed by atoms with Crippen molar-refractivity contribution in [3.05, 3.63) is 69.3 Å². The summed E-state index contributed by atoms with van der Waals surface area (Å²) < 4.78 is 1.82. The number of halogens is 3. The molecule has 1 unspecified atom stereocenters. The van der Waals surface area contributed by atoms with E-state index in [9.17, 15) is 4.79 Å². The number of amides is 1. The van der Waals surface area contributed by atoms with Crippen LogP contribution in [0.15, 0.2) is 48.7 Å². The van der Waals surface area contributed by atoms with Gasteiger partial charge in [0.15, 0.2) is 0 Å². The van der Waals surface area contributed by atoms with E-state index in [4.69, 9.17) is 34.8 Å². The molecule has 8 heteroatoms. The molecule has 1 atom stereocenters. The van der Waals surface area contributed by atoms with Crippen molar-refractivity contribution in [3.8, 4) is 16.9 Å². The van der Waals surface area contributed by atoms with Crippen molar-refractivity contribution in [2.75, 3.05) is 13.1 Å². The van der Waals surface area contributed by atoms with Crippen LogP contribution in [0.2, 0.25) is 15.1 Å². The molecule has 0 aliphatic heterocycles. The van der Waals surface area contributed by atoms with Gasteiger partial charge in [0, 0.05) is 28.7 Å². The molecule has 0 aliphatic carbocycles. The molecule has 1 heterocycles. The minimum absolute atomic E-state index is 0.556. The first kappa shape index (κ1) is 26.2. The molecule has 5 nitrogen and oxygen atoms in total. The number of hydrogen-bond acceptors (Lipinski definition) is 3. The van der Waals surface area contributed by atoms with Crippen molar-refractivity contribution >= 4 is 41.2 Å². The largest absolute Gasteiger partial charge is 0.292 e. The van der Waals surface area contributed by atoms with Gasteiger partial charge < -0.3 is 0 Å². The van der Waals surface area contributed by atoms with Gasteiger partial charge in [-0.25, -0.2) is 9.69 Å². The van der Waals surface area contributed by atoms with Gasteiger partial charge in [-0.2, -0.15) is 5.10 Å². The summed E-state index contributed by atoms with van der Waals surface area (Å²) in [5.41, 5.74) is 6.51. The van der Waals surface area contributed by atoms with Gasteiger partial charge in [-0.3, -0.25) is 10.2 Å². The van der Waals surface area contributed by atoms with Crippen LogP contribution in [0, 0.1) is 12.8 Å². The standard InChI is InChI=1S/C16H11Cl3N2.C8H18N2O/c1-10-9-20-21(15-7-6-13(18)8-14(15)19)16(10)11-2-4-12(17)5-3-11;1-4-8(3)6-10(5-2)9-7-11/h2-9H,1H3;7-8H,4-6H2,1-3H3,(H,9,11). The van der Waals surface area contributed by atoms with Crippen LogP contribution in [0.25, 0.3) is 16.9 Å². The molecule has 1 aromatic heterocycles. The highest BCUT2D eigenvalue weighted by Gasteiger charge is 2.14. The Labute approximate surface area is 205 Å². The average Bonchev–Trinajstić information content (AvgIpc) is 3.15. The maximum absolute atomic E-state index is 10.1. The van der Waals surface area contributed by atoms with E-state index in [1.807, 2.05) is 60.1 Å². The topological polar surface area (TPSA) is 50.2 Å². The van der Waals surface area contributed by atoms with E-state index in [2.05, 4.69) is 24.4 Å². The molecule has 0 spiro atoms. The molecule has 0 saturated carbocycles. The second kappa shape index (κ2) is 12.9. The fraction of sp³-hybridized carbons (Fsp3) is 0.333. The Kier molecular flexibility index (Phi) is 10.5. The van der Waals surface area contributed by atoms with Gasteiger partial charge in [-0.15, -0.1) is 0 Å². The molecule has 2 aromatic carbocycles. The maximum atomic E-state index is 10.1. The third-order valence-electron chi connectivity index (χ3n) is 5.05. The molecular formula is C24H29Cl3N4O. The molecule has 0 fully saturated rings. The minimum atomic E-state index is 0.556. The molecular weight excluding hydrogens is 467 g/mol. The van der Waals surface area contributed by atoms with Crippen molar-refractivity contribution in [2.45, 2.75) is 34.1 Å². The Morgan fingerprint density at radius 3 is 2.31 bits per heavy atom.